The molecule has 0 unspecified atom stereocenters. The summed E-state index contributed by atoms with van der Waals surface area (Å²) in [6.07, 6.45) is 0. The molecule has 6 heteroatoms. The van der Waals surface area contributed by atoms with Crippen molar-refractivity contribution in [2.75, 3.05) is 25.0 Å². The van der Waals surface area contributed by atoms with Crippen LogP contribution in [-0.4, -0.2) is 25.0 Å². The molecule has 0 saturated heterocycles. The molecule has 0 radical (unpaired) electrons. The van der Waals surface area contributed by atoms with Crippen molar-refractivity contribution in [3.8, 4) is 0 Å². The lowest BCUT2D eigenvalue weighted by Crippen LogP contribution is -1.98. The molecule has 0 aromatic carbocycles. The van der Waals surface area contributed by atoms with Crippen LogP contribution in [-0.2, 0) is 13.6 Å². The molecule has 0 spiro atoms. The van der Waals surface area contributed by atoms with E-state index in [2.05, 4.69) is 6.58 Å². The molecule has 0 amide bonds. The van der Waals surface area contributed by atoms with E-state index >= 15 is 0 Å². The van der Waals surface area contributed by atoms with Gasteiger partial charge in [0.2, 0.25) is 0 Å². The highest BCUT2D eigenvalue weighted by molar-refractivity contribution is 7.57. The Bertz CT molecular complexity index is 162. The van der Waals surface area contributed by atoms with E-state index in [4.69, 9.17) is 32.2 Å². The zero-order valence-electron chi connectivity index (χ0n) is 6.54. The molecular weight excluding hydrogens is 222 g/mol. The lowest BCUT2D eigenvalue weighted by molar-refractivity contribution is 0.231. The minimum atomic E-state index is -3.14. The molecule has 72 valence electrons. The molecule has 0 saturated carbocycles. The molecule has 0 aliphatic heterocycles. The Morgan fingerprint density at radius 2 is 1.67 bits per heavy atom. The van der Waals surface area contributed by atoms with Gasteiger partial charge in [-0.1, -0.05) is 6.58 Å². The summed E-state index contributed by atoms with van der Waals surface area (Å²) in [5, 5.41) is 0. The van der Waals surface area contributed by atoms with E-state index in [9.17, 15) is 4.57 Å². The molecule has 0 bridgehead atoms. The highest BCUT2D eigenvalue weighted by atomic mass is 35.5. The molecule has 0 atom stereocenters. The Morgan fingerprint density at radius 1 is 1.25 bits per heavy atom. The number of hydrogen-bond acceptors (Lipinski definition) is 3. The summed E-state index contributed by atoms with van der Waals surface area (Å²) in [7, 11) is -3.14. The zero-order chi connectivity index (χ0) is 9.45. The van der Waals surface area contributed by atoms with Crippen LogP contribution in [0.3, 0.4) is 0 Å². The molecule has 0 fully saturated rings. The first-order valence-electron chi connectivity index (χ1n) is 3.33. The fourth-order valence-electron chi connectivity index (χ4n) is 0.466. The van der Waals surface area contributed by atoms with E-state index in [0.29, 0.717) is 0 Å². The lowest BCUT2D eigenvalue weighted by atomic mass is 10.9. The van der Waals surface area contributed by atoms with E-state index in [1.165, 1.54) is 0 Å². The van der Waals surface area contributed by atoms with Crippen molar-refractivity contribution >= 4 is 30.8 Å². The van der Waals surface area contributed by atoms with Crippen LogP contribution < -0.4 is 0 Å². The predicted molar refractivity (Wildman–Crippen MR) is 51.1 cm³/mol. The van der Waals surface area contributed by atoms with Gasteiger partial charge in [0.15, 0.2) is 0 Å². The predicted octanol–water partition coefficient (Wildman–Crippen LogP) is 2.83. The average Bonchev–Trinajstić information content (AvgIpc) is 2.11. The van der Waals surface area contributed by atoms with E-state index in [1.54, 1.807) is 0 Å². The van der Waals surface area contributed by atoms with E-state index < -0.39 is 7.60 Å². The summed E-state index contributed by atoms with van der Waals surface area (Å²) >= 11 is 10.7. The maximum atomic E-state index is 11.4. The second-order valence-corrected chi connectivity index (χ2v) is 4.48. The fourth-order valence-corrected chi connectivity index (χ4v) is 1.81. The highest BCUT2D eigenvalue weighted by Gasteiger charge is 2.18. The number of rotatable bonds is 7. The molecule has 0 N–H and O–H groups in total. The third-order valence-corrected chi connectivity index (χ3v) is 2.76. The number of halogens is 2. The van der Waals surface area contributed by atoms with Gasteiger partial charge in [0, 0.05) is 17.6 Å². The van der Waals surface area contributed by atoms with E-state index in [0.717, 1.165) is 5.82 Å². The molecule has 12 heavy (non-hydrogen) atoms. The Balaban J connectivity index is 3.87. The van der Waals surface area contributed by atoms with Crippen molar-refractivity contribution in [1.82, 2.24) is 0 Å². The standard InChI is InChI=1S/C6H11Cl2O3P/c1-2-12(9,10-5-3-7)11-6-4-8/h2H,1,3-6H2. The first kappa shape index (κ1) is 12.5. The summed E-state index contributed by atoms with van der Waals surface area (Å²) in [4.78, 5) is 0. The van der Waals surface area contributed by atoms with Crippen LogP contribution in [0.2, 0.25) is 0 Å². The van der Waals surface area contributed by atoms with Crippen molar-refractivity contribution in [1.29, 1.82) is 0 Å². The van der Waals surface area contributed by atoms with Gasteiger partial charge in [-0.25, -0.2) is 0 Å². The molecule has 0 aliphatic rings. The van der Waals surface area contributed by atoms with Crippen molar-refractivity contribution < 1.29 is 13.6 Å². The van der Waals surface area contributed by atoms with Gasteiger partial charge in [-0.05, 0) is 0 Å². The second-order valence-electron chi connectivity index (χ2n) is 1.77. The first-order valence-corrected chi connectivity index (χ1v) is 6.01. The Morgan fingerprint density at radius 3 is 1.92 bits per heavy atom. The Hall–Kier alpha value is 0.470. The minimum Gasteiger partial charge on any atom is -0.304 e. The Kier molecular flexibility index (Phi) is 7.20. The van der Waals surface area contributed by atoms with Gasteiger partial charge < -0.3 is 9.05 Å². The van der Waals surface area contributed by atoms with Crippen LogP contribution >= 0.6 is 30.8 Å². The van der Waals surface area contributed by atoms with Crippen molar-refractivity contribution in [2.45, 2.75) is 0 Å². The average molecular weight is 233 g/mol. The van der Waals surface area contributed by atoms with Crippen molar-refractivity contribution in [3.63, 3.8) is 0 Å². The fraction of sp³-hybridized carbons (Fsp3) is 0.667. The topological polar surface area (TPSA) is 35.5 Å². The second kappa shape index (κ2) is 6.93. The number of hydrogen-bond donors (Lipinski definition) is 0. The molecular formula is C6H11Cl2O3P. The first-order chi connectivity index (χ1) is 5.68. The van der Waals surface area contributed by atoms with Crippen LogP contribution in [0.1, 0.15) is 0 Å². The summed E-state index contributed by atoms with van der Waals surface area (Å²) in [6.45, 7) is 3.69. The van der Waals surface area contributed by atoms with Crippen molar-refractivity contribution in [3.05, 3.63) is 12.4 Å². The maximum absolute atomic E-state index is 11.4. The molecule has 3 nitrogen and oxygen atoms in total. The van der Waals surface area contributed by atoms with E-state index in [1.807, 2.05) is 0 Å². The van der Waals surface area contributed by atoms with Gasteiger partial charge in [0.1, 0.15) is 0 Å². The summed E-state index contributed by atoms with van der Waals surface area (Å²) < 4.78 is 21.1. The summed E-state index contributed by atoms with van der Waals surface area (Å²) in [5.74, 6) is 1.68. The summed E-state index contributed by atoms with van der Waals surface area (Å²) in [5.41, 5.74) is 0. The lowest BCUT2D eigenvalue weighted by Gasteiger charge is -2.12. The van der Waals surface area contributed by atoms with Crippen LogP contribution in [0, 0.1) is 0 Å². The monoisotopic (exact) mass is 232 g/mol. The summed E-state index contributed by atoms with van der Waals surface area (Å²) in [6, 6.07) is 0. The SMILES string of the molecule is C=CP(=O)(OCCCl)OCCCl. The van der Waals surface area contributed by atoms with Gasteiger partial charge in [-0.3, -0.25) is 4.57 Å². The van der Waals surface area contributed by atoms with E-state index in [-0.39, 0.29) is 25.0 Å². The molecule has 0 heterocycles. The quantitative estimate of drug-likeness (QED) is 0.501. The molecule has 0 aromatic heterocycles. The van der Waals surface area contributed by atoms with Gasteiger partial charge in [0.25, 0.3) is 0 Å². The number of alkyl halides is 2. The zero-order valence-corrected chi connectivity index (χ0v) is 8.95. The van der Waals surface area contributed by atoms with Crippen LogP contribution in [0.4, 0.5) is 0 Å². The van der Waals surface area contributed by atoms with Gasteiger partial charge in [-0.15, -0.1) is 23.2 Å². The van der Waals surface area contributed by atoms with Crippen molar-refractivity contribution in [2.24, 2.45) is 0 Å². The normalized spacial score (nSPS) is 11.5. The Labute approximate surface area is 82.2 Å². The van der Waals surface area contributed by atoms with Gasteiger partial charge in [-0.2, -0.15) is 0 Å². The third kappa shape index (κ3) is 5.18. The molecule has 0 aliphatic carbocycles. The smallest absolute Gasteiger partial charge is 0.304 e. The van der Waals surface area contributed by atoms with Gasteiger partial charge >= 0.3 is 7.60 Å². The molecule has 0 aromatic rings. The molecule has 0 rings (SSSR count). The largest absolute Gasteiger partial charge is 0.353 e. The van der Waals surface area contributed by atoms with Crippen LogP contribution in [0.25, 0.3) is 0 Å². The minimum absolute atomic E-state index is 0.174. The third-order valence-electron chi connectivity index (χ3n) is 0.920. The van der Waals surface area contributed by atoms with Gasteiger partial charge in [0.05, 0.1) is 13.2 Å². The highest BCUT2D eigenvalue weighted by Crippen LogP contribution is 2.48. The van der Waals surface area contributed by atoms with Crippen LogP contribution in [0.15, 0.2) is 12.4 Å². The van der Waals surface area contributed by atoms with Crippen LogP contribution in [0.5, 0.6) is 0 Å². The maximum Gasteiger partial charge on any atom is 0.353 e.